The van der Waals surface area contributed by atoms with Gasteiger partial charge in [-0.2, -0.15) is 0 Å². The normalized spacial score (nSPS) is 11.0. The lowest BCUT2D eigenvalue weighted by Crippen LogP contribution is -2.22. The molecule has 3 rings (SSSR count). The third-order valence-corrected chi connectivity index (χ3v) is 5.95. The van der Waals surface area contributed by atoms with Gasteiger partial charge in [0.1, 0.15) is 5.82 Å². The smallest absolute Gasteiger partial charge is 0.261 e. The molecule has 0 heterocycles. The fraction of sp³-hybridized carbons (Fsp3) is 0.130. The van der Waals surface area contributed by atoms with Gasteiger partial charge >= 0.3 is 0 Å². The van der Waals surface area contributed by atoms with Crippen molar-refractivity contribution >= 4 is 33.2 Å². The average Bonchev–Trinajstić information content (AvgIpc) is 2.76. The van der Waals surface area contributed by atoms with Gasteiger partial charge in [-0.25, -0.2) is 12.8 Å². The molecule has 0 unspecified atom stereocenters. The number of benzene rings is 3. The highest BCUT2D eigenvalue weighted by molar-refractivity contribution is 7.92. The van der Waals surface area contributed by atoms with Crippen molar-refractivity contribution in [3.8, 4) is 0 Å². The van der Waals surface area contributed by atoms with Crippen LogP contribution in [0.2, 0.25) is 0 Å². The Morgan fingerprint density at radius 3 is 2.25 bits per heavy atom. The number of hydrogen-bond acceptors (Lipinski definition) is 4. The number of carbonyl (C=O) groups excluding carboxylic acids is 2. The summed E-state index contributed by atoms with van der Waals surface area (Å²) in [4.78, 5) is 24.2. The zero-order valence-electron chi connectivity index (χ0n) is 17.5. The highest BCUT2D eigenvalue weighted by Gasteiger charge is 2.17. The second-order valence-corrected chi connectivity index (χ2v) is 8.67. The molecule has 0 atom stereocenters. The van der Waals surface area contributed by atoms with E-state index in [0.717, 1.165) is 6.07 Å². The number of hydrogen-bond donors (Lipinski definition) is 3. The lowest BCUT2D eigenvalue weighted by atomic mass is 10.1. The highest BCUT2D eigenvalue weighted by Crippen LogP contribution is 2.20. The van der Waals surface area contributed by atoms with E-state index in [2.05, 4.69) is 15.4 Å². The van der Waals surface area contributed by atoms with E-state index < -0.39 is 21.7 Å². The Hall–Kier alpha value is -3.72. The molecule has 3 aromatic rings. The van der Waals surface area contributed by atoms with Gasteiger partial charge < -0.3 is 10.6 Å². The van der Waals surface area contributed by atoms with Crippen molar-refractivity contribution in [2.45, 2.75) is 18.7 Å². The van der Waals surface area contributed by atoms with E-state index in [4.69, 9.17) is 0 Å². The Morgan fingerprint density at radius 1 is 0.875 bits per heavy atom. The lowest BCUT2D eigenvalue weighted by Gasteiger charge is -2.11. The molecule has 0 aliphatic heterocycles. The quantitative estimate of drug-likeness (QED) is 0.502. The summed E-state index contributed by atoms with van der Waals surface area (Å²) < 4.78 is 41.2. The average molecular weight is 456 g/mol. The zero-order chi connectivity index (χ0) is 23.3. The molecule has 7 nitrogen and oxygen atoms in total. The van der Waals surface area contributed by atoms with E-state index >= 15 is 0 Å². The van der Waals surface area contributed by atoms with Gasteiger partial charge in [0, 0.05) is 29.0 Å². The van der Waals surface area contributed by atoms with E-state index in [1.165, 1.54) is 43.3 Å². The Kier molecular flexibility index (Phi) is 6.89. The van der Waals surface area contributed by atoms with Crippen molar-refractivity contribution in [3.05, 3.63) is 89.2 Å². The molecule has 0 aliphatic rings. The first-order chi connectivity index (χ1) is 15.2. The molecule has 0 fully saturated rings. The van der Waals surface area contributed by atoms with Gasteiger partial charge in [-0.3, -0.25) is 14.3 Å². The minimum atomic E-state index is -4.03. The van der Waals surface area contributed by atoms with Crippen LogP contribution >= 0.6 is 0 Å². The number of anilines is 2. The second kappa shape index (κ2) is 9.61. The first-order valence-electron chi connectivity index (χ1n) is 9.78. The maximum Gasteiger partial charge on any atom is 0.261 e. The molecule has 9 heteroatoms. The van der Waals surface area contributed by atoms with E-state index in [9.17, 15) is 22.4 Å². The molecule has 0 bridgehead atoms. The molecule has 0 saturated carbocycles. The van der Waals surface area contributed by atoms with Gasteiger partial charge in [0.15, 0.2) is 0 Å². The molecule has 0 radical (unpaired) electrons. The Labute approximate surface area is 185 Å². The molecular formula is C23H22FN3O4S. The fourth-order valence-corrected chi connectivity index (χ4v) is 3.91. The predicted molar refractivity (Wildman–Crippen MR) is 121 cm³/mol. The Morgan fingerprint density at radius 2 is 1.59 bits per heavy atom. The van der Waals surface area contributed by atoms with Crippen LogP contribution in [0.5, 0.6) is 0 Å². The number of aryl methyl sites for hydroxylation is 1. The predicted octanol–water partition coefficient (Wildman–Crippen LogP) is 3.94. The summed E-state index contributed by atoms with van der Waals surface area (Å²) in [6.07, 6.45) is 0. The zero-order valence-corrected chi connectivity index (χ0v) is 18.3. The van der Waals surface area contributed by atoms with Crippen LogP contribution < -0.4 is 15.4 Å². The Balaban J connectivity index is 1.73. The van der Waals surface area contributed by atoms with E-state index in [1.807, 2.05) is 6.92 Å². The van der Waals surface area contributed by atoms with Crippen LogP contribution in [-0.2, 0) is 10.0 Å². The standard InChI is InChI=1S/C23H22FN3O4S/c1-3-25-22(28)16-8-10-18(11-9-16)26-23(29)17-5-4-6-19(13-17)27-32(30,31)20-12-7-15(2)21(24)14-20/h4-14,27H,3H2,1-2H3,(H,25,28)(H,26,29). The van der Waals surface area contributed by atoms with Crippen molar-refractivity contribution in [2.24, 2.45) is 0 Å². The lowest BCUT2D eigenvalue weighted by molar-refractivity contribution is 0.0955. The van der Waals surface area contributed by atoms with E-state index in [-0.39, 0.29) is 22.1 Å². The number of carbonyl (C=O) groups is 2. The van der Waals surface area contributed by atoms with Crippen LogP contribution in [0.25, 0.3) is 0 Å². The molecule has 3 aromatic carbocycles. The van der Waals surface area contributed by atoms with Crippen molar-refractivity contribution in [1.82, 2.24) is 5.32 Å². The topological polar surface area (TPSA) is 104 Å². The van der Waals surface area contributed by atoms with Crippen LogP contribution in [-0.4, -0.2) is 26.8 Å². The van der Waals surface area contributed by atoms with E-state index in [0.29, 0.717) is 23.4 Å². The van der Waals surface area contributed by atoms with Crippen molar-refractivity contribution in [1.29, 1.82) is 0 Å². The summed E-state index contributed by atoms with van der Waals surface area (Å²) in [7, 11) is -4.03. The SMILES string of the molecule is CCNC(=O)c1ccc(NC(=O)c2cccc(NS(=O)(=O)c3ccc(C)c(F)c3)c2)cc1. The molecule has 3 N–H and O–H groups in total. The van der Waals surface area contributed by atoms with Gasteiger partial charge in [-0.05, 0) is 74.0 Å². The van der Waals surface area contributed by atoms with Crippen LogP contribution in [0.4, 0.5) is 15.8 Å². The van der Waals surface area contributed by atoms with Crippen LogP contribution in [0.1, 0.15) is 33.2 Å². The molecule has 2 amide bonds. The number of amides is 2. The fourth-order valence-electron chi connectivity index (χ4n) is 2.85. The van der Waals surface area contributed by atoms with E-state index in [1.54, 1.807) is 24.3 Å². The van der Waals surface area contributed by atoms with Gasteiger partial charge in [-0.1, -0.05) is 12.1 Å². The molecular weight excluding hydrogens is 433 g/mol. The maximum atomic E-state index is 13.8. The molecule has 32 heavy (non-hydrogen) atoms. The van der Waals surface area contributed by atoms with Crippen molar-refractivity contribution in [2.75, 3.05) is 16.6 Å². The third kappa shape index (κ3) is 5.50. The summed E-state index contributed by atoms with van der Waals surface area (Å²) in [5.41, 5.74) is 1.65. The summed E-state index contributed by atoms with van der Waals surface area (Å²) in [5, 5.41) is 5.38. The van der Waals surface area contributed by atoms with Gasteiger partial charge in [-0.15, -0.1) is 0 Å². The van der Waals surface area contributed by atoms with Crippen LogP contribution in [0, 0.1) is 12.7 Å². The number of sulfonamides is 1. The minimum absolute atomic E-state index is 0.158. The highest BCUT2D eigenvalue weighted by atomic mass is 32.2. The monoisotopic (exact) mass is 455 g/mol. The second-order valence-electron chi connectivity index (χ2n) is 6.99. The summed E-state index contributed by atoms with van der Waals surface area (Å²) in [6.45, 7) is 3.87. The van der Waals surface area contributed by atoms with Crippen LogP contribution in [0.15, 0.2) is 71.6 Å². The molecule has 166 valence electrons. The summed E-state index contributed by atoms with van der Waals surface area (Å²) >= 11 is 0. The minimum Gasteiger partial charge on any atom is -0.352 e. The number of halogens is 1. The molecule has 0 aliphatic carbocycles. The first-order valence-corrected chi connectivity index (χ1v) is 11.3. The third-order valence-electron chi connectivity index (χ3n) is 4.57. The number of rotatable bonds is 7. The molecule has 0 spiro atoms. The van der Waals surface area contributed by atoms with Crippen LogP contribution in [0.3, 0.4) is 0 Å². The summed E-state index contributed by atoms with van der Waals surface area (Å²) in [5.74, 6) is -1.30. The van der Waals surface area contributed by atoms with Gasteiger partial charge in [0.2, 0.25) is 0 Å². The largest absolute Gasteiger partial charge is 0.352 e. The van der Waals surface area contributed by atoms with Crippen molar-refractivity contribution < 1.29 is 22.4 Å². The maximum absolute atomic E-state index is 13.8. The summed E-state index contributed by atoms with van der Waals surface area (Å²) in [6, 6.07) is 15.9. The number of nitrogens with one attached hydrogen (secondary N) is 3. The van der Waals surface area contributed by atoms with Crippen molar-refractivity contribution in [3.63, 3.8) is 0 Å². The van der Waals surface area contributed by atoms with Gasteiger partial charge in [0.05, 0.1) is 4.90 Å². The van der Waals surface area contributed by atoms with Gasteiger partial charge in [0.25, 0.3) is 21.8 Å². The molecule has 0 saturated heterocycles. The Bertz CT molecular complexity index is 1260. The first kappa shape index (κ1) is 23.0. The molecule has 0 aromatic heterocycles.